The lowest BCUT2D eigenvalue weighted by Gasteiger charge is -2.17. The summed E-state index contributed by atoms with van der Waals surface area (Å²) in [6.07, 6.45) is 13.2. The fourth-order valence-corrected chi connectivity index (χ4v) is 9.30. The van der Waals surface area contributed by atoms with Crippen molar-refractivity contribution in [2.24, 2.45) is 0 Å². The number of methoxy groups -OCH3 is 1. The summed E-state index contributed by atoms with van der Waals surface area (Å²) in [7, 11) is 1.65. The summed E-state index contributed by atoms with van der Waals surface area (Å²) in [6.45, 7) is 4.46. The molecular weight excluding hydrogens is 597 g/mol. The van der Waals surface area contributed by atoms with Gasteiger partial charge in [0.2, 0.25) is 5.78 Å². The van der Waals surface area contributed by atoms with Crippen molar-refractivity contribution in [1.82, 2.24) is 0 Å². The number of hydrogen-bond donors (Lipinski definition) is 0. The molecule has 3 aliphatic rings. The molecule has 0 radical (unpaired) electrons. The first-order valence-corrected chi connectivity index (χ1v) is 17.4. The molecule has 0 spiro atoms. The summed E-state index contributed by atoms with van der Waals surface area (Å²) in [5.74, 6) is -0.000655. The van der Waals surface area contributed by atoms with Gasteiger partial charge in [-0.2, -0.15) is 0 Å². The topological polar surface area (TPSA) is 26.3 Å². The van der Waals surface area contributed by atoms with Crippen molar-refractivity contribution in [2.75, 3.05) is 7.11 Å². The highest BCUT2D eigenvalue weighted by Gasteiger charge is 2.27. The van der Waals surface area contributed by atoms with Crippen LogP contribution < -0.4 is 0 Å². The second-order valence-electron chi connectivity index (χ2n) is 11.1. The number of carbonyl (C=O) groups excluding carboxylic acids is 1. The smallest absolute Gasteiger partial charge is 0.200 e. The lowest BCUT2D eigenvalue weighted by atomic mass is 9.89. The molecule has 44 heavy (non-hydrogen) atoms. The Kier molecular flexibility index (Phi) is 8.26. The van der Waals surface area contributed by atoms with Crippen molar-refractivity contribution in [3.8, 4) is 10.4 Å². The first kappa shape index (κ1) is 28.8. The molecular formula is C39H32O2S3. The summed E-state index contributed by atoms with van der Waals surface area (Å²) in [4.78, 5) is 19.4. The summed E-state index contributed by atoms with van der Waals surface area (Å²) in [5, 5.41) is 0.607. The normalized spacial score (nSPS) is 19.6. The van der Waals surface area contributed by atoms with E-state index in [-0.39, 0.29) is 5.78 Å². The Morgan fingerprint density at radius 1 is 0.818 bits per heavy atom. The van der Waals surface area contributed by atoms with Crippen molar-refractivity contribution in [3.05, 3.63) is 152 Å². The molecule has 1 aliphatic heterocycles. The molecule has 0 unspecified atom stereocenters. The standard InChI is InChI=1S/C39H32O2S3/c1-25-22-29(26-10-5-3-6-11-26)16-18-30(25)37-23-32-31-15-9-14-27(31)17-19-36(43-38(41-2)24-33(40)39(32)44-37)35-21-20-34(42-35)28-12-7-4-8-13-28/h3-8,10-13,16,18-21,23-24H,1,9,14-15,17,22H2,2H3/b36-19-,38-24+. The molecule has 7 rings (SSSR count). The van der Waals surface area contributed by atoms with Crippen molar-refractivity contribution in [2.45, 2.75) is 32.1 Å². The monoisotopic (exact) mass is 628 g/mol. The predicted molar refractivity (Wildman–Crippen MR) is 191 cm³/mol. The number of thioether (sulfide) groups is 1. The zero-order chi connectivity index (χ0) is 30.0. The minimum Gasteiger partial charge on any atom is -0.490 e. The molecule has 0 saturated heterocycles. The fourth-order valence-electron chi connectivity index (χ4n) is 6.13. The first-order chi connectivity index (χ1) is 21.6. The minimum atomic E-state index is -0.000655. The predicted octanol–water partition coefficient (Wildman–Crippen LogP) is 11.7. The Bertz CT molecular complexity index is 1910. The van der Waals surface area contributed by atoms with Crippen LogP contribution >= 0.6 is 34.4 Å². The van der Waals surface area contributed by atoms with Crippen molar-refractivity contribution in [3.63, 3.8) is 0 Å². The van der Waals surface area contributed by atoms with Gasteiger partial charge in [0, 0.05) is 31.2 Å². The lowest BCUT2D eigenvalue weighted by Crippen LogP contribution is -1.98. The van der Waals surface area contributed by atoms with Crippen LogP contribution in [0.4, 0.5) is 0 Å². The highest BCUT2D eigenvalue weighted by Crippen LogP contribution is 2.47. The second-order valence-corrected chi connectivity index (χ2v) is 14.3. The maximum atomic E-state index is 14.0. The van der Waals surface area contributed by atoms with Gasteiger partial charge in [0.1, 0.15) is 0 Å². The second kappa shape index (κ2) is 12.6. The van der Waals surface area contributed by atoms with E-state index in [9.17, 15) is 4.79 Å². The third-order valence-corrected chi connectivity index (χ3v) is 11.9. The Morgan fingerprint density at radius 3 is 2.32 bits per heavy atom. The number of thiophene rings is 2. The van der Waals surface area contributed by atoms with Crippen molar-refractivity contribution in [1.29, 1.82) is 0 Å². The van der Waals surface area contributed by atoms with Gasteiger partial charge in [-0.05, 0) is 83.7 Å². The van der Waals surface area contributed by atoms with Crippen LogP contribution in [0.3, 0.4) is 0 Å². The first-order valence-electron chi connectivity index (χ1n) is 14.9. The molecule has 2 nitrogen and oxygen atoms in total. The van der Waals surface area contributed by atoms with Gasteiger partial charge in [0.05, 0.1) is 12.0 Å². The Morgan fingerprint density at radius 2 is 1.57 bits per heavy atom. The molecule has 0 atom stereocenters. The maximum Gasteiger partial charge on any atom is 0.200 e. The van der Waals surface area contributed by atoms with E-state index in [0.717, 1.165) is 63.5 Å². The van der Waals surface area contributed by atoms with E-state index >= 15 is 0 Å². The number of ether oxygens (including phenoxy) is 1. The molecule has 4 aromatic rings. The van der Waals surface area contributed by atoms with Crippen LogP contribution in [0.5, 0.6) is 0 Å². The fraction of sp³-hybridized carbons (Fsp3) is 0.154. The minimum absolute atomic E-state index is 0.000655. The van der Waals surface area contributed by atoms with Gasteiger partial charge < -0.3 is 4.74 Å². The summed E-state index contributed by atoms with van der Waals surface area (Å²) < 4.78 is 5.81. The average molecular weight is 629 g/mol. The molecule has 0 saturated carbocycles. The van der Waals surface area contributed by atoms with E-state index in [1.54, 1.807) is 47.6 Å². The zero-order valence-electron chi connectivity index (χ0n) is 24.6. The third-order valence-electron chi connectivity index (χ3n) is 8.36. The van der Waals surface area contributed by atoms with Crippen molar-refractivity contribution < 1.29 is 9.53 Å². The lowest BCUT2D eigenvalue weighted by molar-refractivity contribution is 0.104. The molecule has 0 amide bonds. The summed E-state index contributed by atoms with van der Waals surface area (Å²) >= 11 is 4.91. The van der Waals surface area contributed by atoms with Crippen LogP contribution in [0.1, 0.15) is 62.7 Å². The zero-order valence-corrected chi connectivity index (χ0v) is 27.0. The third kappa shape index (κ3) is 5.80. The molecule has 0 bridgehead atoms. The Balaban J connectivity index is 1.27. The van der Waals surface area contributed by atoms with E-state index in [0.29, 0.717) is 5.09 Å². The van der Waals surface area contributed by atoms with Crippen LogP contribution in [0.2, 0.25) is 0 Å². The summed E-state index contributed by atoms with van der Waals surface area (Å²) in [6, 6.07) is 27.6. The number of hydrogen-bond acceptors (Lipinski definition) is 5. The highest BCUT2D eigenvalue weighted by atomic mass is 32.2. The molecule has 218 valence electrons. The van der Waals surface area contributed by atoms with E-state index < -0.39 is 0 Å². The number of benzene rings is 2. The van der Waals surface area contributed by atoms with Gasteiger partial charge in [-0.1, -0.05) is 103 Å². The van der Waals surface area contributed by atoms with Gasteiger partial charge in [-0.25, -0.2) is 0 Å². The number of ketones is 1. The average Bonchev–Trinajstić information content (AvgIpc) is 3.83. The SMILES string of the molecule is C=C1CC(c2ccccc2)=CC=C1c1cc2c(s1)C(=O)/C=C(\OC)S/C(c1ccc(-c3ccccc3)s1)=C\CC1=C2CCC1. The van der Waals surface area contributed by atoms with Crippen LogP contribution in [0.25, 0.3) is 32.1 Å². The van der Waals surface area contributed by atoms with Gasteiger partial charge in [0.25, 0.3) is 0 Å². The quantitative estimate of drug-likeness (QED) is 0.220. The van der Waals surface area contributed by atoms with Gasteiger partial charge >= 0.3 is 0 Å². The molecule has 2 aromatic heterocycles. The molecule has 0 fully saturated rings. The van der Waals surface area contributed by atoms with Crippen LogP contribution in [0.15, 0.2) is 126 Å². The molecule has 2 aromatic carbocycles. The van der Waals surface area contributed by atoms with E-state index in [1.807, 2.05) is 12.1 Å². The van der Waals surface area contributed by atoms with Gasteiger partial charge in [-0.3, -0.25) is 4.79 Å². The van der Waals surface area contributed by atoms with Crippen LogP contribution in [0, 0.1) is 0 Å². The van der Waals surface area contributed by atoms with Gasteiger partial charge in [-0.15, -0.1) is 22.7 Å². The highest BCUT2D eigenvalue weighted by molar-refractivity contribution is 8.11. The van der Waals surface area contributed by atoms with Crippen LogP contribution in [-0.2, 0) is 4.74 Å². The Hall–Kier alpha value is -3.90. The number of fused-ring (bicyclic) bond motifs is 2. The molecule has 3 heterocycles. The van der Waals surface area contributed by atoms with Crippen LogP contribution in [-0.4, -0.2) is 12.9 Å². The number of carbonyl (C=O) groups is 1. The van der Waals surface area contributed by atoms with E-state index in [2.05, 4.69) is 91.5 Å². The molecule has 5 heteroatoms. The number of allylic oxidation sites excluding steroid dienone is 9. The van der Waals surface area contributed by atoms with Crippen molar-refractivity contribution >= 4 is 61.8 Å². The maximum absolute atomic E-state index is 14.0. The molecule has 0 N–H and O–H groups in total. The van der Waals surface area contributed by atoms with E-state index in [1.165, 1.54) is 37.6 Å². The summed E-state index contributed by atoms with van der Waals surface area (Å²) in [5.41, 5.74) is 9.78. The molecule has 2 aliphatic carbocycles. The number of rotatable bonds is 5. The Labute approximate surface area is 271 Å². The van der Waals surface area contributed by atoms with E-state index in [4.69, 9.17) is 4.74 Å². The largest absolute Gasteiger partial charge is 0.490 e. The van der Waals surface area contributed by atoms with Gasteiger partial charge in [0.15, 0.2) is 5.09 Å².